The molecular formula is C13H18ClN. The molecule has 1 N–H and O–H groups in total. The average molecular weight is 224 g/mol. The summed E-state index contributed by atoms with van der Waals surface area (Å²) in [5.74, 6) is 0. The van der Waals surface area contributed by atoms with Crippen LogP contribution in [0.1, 0.15) is 18.9 Å². The van der Waals surface area contributed by atoms with E-state index < -0.39 is 0 Å². The Morgan fingerprint density at radius 2 is 2.07 bits per heavy atom. The maximum absolute atomic E-state index is 5.68. The van der Waals surface area contributed by atoms with Crippen molar-refractivity contribution in [2.45, 2.75) is 25.8 Å². The molecule has 0 aliphatic heterocycles. The van der Waals surface area contributed by atoms with E-state index in [0.29, 0.717) is 17.6 Å². The topological polar surface area (TPSA) is 12.0 Å². The minimum Gasteiger partial charge on any atom is -0.309 e. The SMILES string of the molecule is C=C(Cl)CNC(C)CCc1ccccc1. The molecule has 0 heterocycles. The fourth-order valence-electron chi connectivity index (χ4n) is 1.41. The number of aryl methyl sites for hydroxylation is 1. The van der Waals surface area contributed by atoms with Gasteiger partial charge in [-0.15, -0.1) is 0 Å². The summed E-state index contributed by atoms with van der Waals surface area (Å²) in [6, 6.07) is 11.0. The molecule has 0 radical (unpaired) electrons. The van der Waals surface area contributed by atoms with E-state index in [1.54, 1.807) is 0 Å². The lowest BCUT2D eigenvalue weighted by Crippen LogP contribution is -2.27. The molecule has 1 atom stereocenters. The first-order chi connectivity index (χ1) is 7.18. The van der Waals surface area contributed by atoms with E-state index >= 15 is 0 Å². The third kappa shape index (κ3) is 5.60. The minimum atomic E-state index is 0.473. The smallest absolute Gasteiger partial charge is 0.0309 e. The minimum absolute atomic E-state index is 0.473. The van der Waals surface area contributed by atoms with Crippen LogP contribution >= 0.6 is 11.6 Å². The van der Waals surface area contributed by atoms with Crippen LogP contribution in [0.3, 0.4) is 0 Å². The Hall–Kier alpha value is -0.790. The van der Waals surface area contributed by atoms with Gasteiger partial charge in [0.15, 0.2) is 0 Å². The van der Waals surface area contributed by atoms with Crippen molar-refractivity contribution in [3.05, 3.63) is 47.5 Å². The van der Waals surface area contributed by atoms with E-state index in [1.165, 1.54) is 5.56 Å². The highest BCUT2D eigenvalue weighted by Gasteiger charge is 2.01. The van der Waals surface area contributed by atoms with Crippen molar-refractivity contribution in [2.24, 2.45) is 0 Å². The van der Waals surface area contributed by atoms with Crippen molar-refractivity contribution in [1.82, 2.24) is 5.32 Å². The van der Waals surface area contributed by atoms with E-state index in [2.05, 4.69) is 43.1 Å². The van der Waals surface area contributed by atoms with Crippen molar-refractivity contribution < 1.29 is 0 Å². The normalized spacial score (nSPS) is 12.4. The lowest BCUT2D eigenvalue weighted by atomic mass is 10.1. The molecule has 1 aromatic rings. The molecule has 2 heteroatoms. The van der Waals surface area contributed by atoms with Crippen LogP contribution in [0.15, 0.2) is 41.9 Å². The van der Waals surface area contributed by atoms with Crippen LogP contribution in [0.25, 0.3) is 0 Å². The fourth-order valence-corrected chi connectivity index (χ4v) is 1.49. The Labute approximate surface area is 97.1 Å². The van der Waals surface area contributed by atoms with Gasteiger partial charge in [-0.3, -0.25) is 0 Å². The zero-order chi connectivity index (χ0) is 11.1. The second-order valence-corrected chi connectivity index (χ2v) is 4.36. The van der Waals surface area contributed by atoms with E-state index in [-0.39, 0.29) is 0 Å². The standard InChI is InChI=1S/C13H18ClN/c1-11(14)10-15-12(2)8-9-13-6-4-3-5-7-13/h3-7,12,15H,1,8-10H2,2H3. The molecule has 0 spiro atoms. The van der Waals surface area contributed by atoms with Gasteiger partial charge in [-0.1, -0.05) is 48.5 Å². The summed E-state index contributed by atoms with van der Waals surface area (Å²) in [4.78, 5) is 0. The molecule has 0 aliphatic rings. The number of rotatable bonds is 6. The molecule has 0 aliphatic carbocycles. The number of hydrogen-bond donors (Lipinski definition) is 1. The molecule has 1 unspecified atom stereocenters. The van der Waals surface area contributed by atoms with Crippen LogP contribution in [0.5, 0.6) is 0 Å². The highest BCUT2D eigenvalue weighted by Crippen LogP contribution is 2.05. The van der Waals surface area contributed by atoms with Crippen molar-refractivity contribution in [3.63, 3.8) is 0 Å². The van der Waals surface area contributed by atoms with Crippen molar-refractivity contribution in [2.75, 3.05) is 6.54 Å². The van der Waals surface area contributed by atoms with Gasteiger partial charge in [0.2, 0.25) is 0 Å². The van der Waals surface area contributed by atoms with Gasteiger partial charge in [0, 0.05) is 17.6 Å². The van der Waals surface area contributed by atoms with Crippen LogP contribution in [0, 0.1) is 0 Å². The predicted octanol–water partition coefficient (Wildman–Crippen LogP) is 3.35. The van der Waals surface area contributed by atoms with Crippen LogP contribution < -0.4 is 5.32 Å². The van der Waals surface area contributed by atoms with E-state index in [0.717, 1.165) is 12.8 Å². The summed E-state index contributed by atoms with van der Waals surface area (Å²) < 4.78 is 0. The van der Waals surface area contributed by atoms with Crippen LogP contribution in [0.4, 0.5) is 0 Å². The van der Waals surface area contributed by atoms with Crippen LogP contribution in [0.2, 0.25) is 0 Å². The largest absolute Gasteiger partial charge is 0.309 e. The summed E-state index contributed by atoms with van der Waals surface area (Å²) in [5.41, 5.74) is 1.39. The Morgan fingerprint density at radius 3 is 2.67 bits per heavy atom. The monoisotopic (exact) mass is 223 g/mol. The summed E-state index contributed by atoms with van der Waals surface area (Å²) >= 11 is 5.68. The van der Waals surface area contributed by atoms with E-state index in [4.69, 9.17) is 11.6 Å². The fraction of sp³-hybridized carbons (Fsp3) is 0.385. The molecule has 0 saturated carbocycles. The maximum Gasteiger partial charge on any atom is 0.0309 e. The third-order valence-electron chi connectivity index (χ3n) is 2.35. The highest BCUT2D eigenvalue weighted by molar-refractivity contribution is 6.29. The van der Waals surface area contributed by atoms with Gasteiger partial charge in [-0.2, -0.15) is 0 Å². The van der Waals surface area contributed by atoms with Gasteiger partial charge in [0.1, 0.15) is 0 Å². The van der Waals surface area contributed by atoms with Crippen LogP contribution in [-0.2, 0) is 6.42 Å². The second kappa shape index (κ2) is 6.65. The molecule has 0 fully saturated rings. The first-order valence-corrected chi connectivity index (χ1v) is 5.67. The molecule has 0 amide bonds. The second-order valence-electron chi connectivity index (χ2n) is 3.82. The number of nitrogens with one attached hydrogen (secondary N) is 1. The first kappa shape index (κ1) is 12.3. The lowest BCUT2D eigenvalue weighted by Gasteiger charge is -2.12. The van der Waals surface area contributed by atoms with Gasteiger partial charge in [-0.05, 0) is 25.3 Å². The molecule has 0 saturated heterocycles. The average Bonchev–Trinajstić information content (AvgIpc) is 2.25. The third-order valence-corrected chi connectivity index (χ3v) is 2.48. The molecule has 1 aromatic carbocycles. The number of hydrogen-bond acceptors (Lipinski definition) is 1. The molecule has 1 nitrogen and oxygen atoms in total. The molecule has 0 bridgehead atoms. The maximum atomic E-state index is 5.68. The van der Waals surface area contributed by atoms with Crippen LogP contribution in [-0.4, -0.2) is 12.6 Å². The zero-order valence-corrected chi connectivity index (χ0v) is 9.93. The summed E-state index contributed by atoms with van der Waals surface area (Å²) in [7, 11) is 0. The van der Waals surface area contributed by atoms with Crippen molar-refractivity contribution >= 4 is 11.6 Å². The lowest BCUT2D eigenvalue weighted by molar-refractivity contribution is 0.541. The van der Waals surface area contributed by atoms with Crippen molar-refractivity contribution in [3.8, 4) is 0 Å². The zero-order valence-electron chi connectivity index (χ0n) is 9.17. The van der Waals surface area contributed by atoms with Crippen molar-refractivity contribution in [1.29, 1.82) is 0 Å². The first-order valence-electron chi connectivity index (χ1n) is 5.29. The Morgan fingerprint density at radius 1 is 1.40 bits per heavy atom. The molecule has 82 valence electrons. The highest BCUT2D eigenvalue weighted by atomic mass is 35.5. The van der Waals surface area contributed by atoms with Gasteiger partial charge in [0.25, 0.3) is 0 Å². The van der Waals surface area contributed by atoms with Gasteiger partial charge < -0.3 is 5.32 Å². The summed E-state index contributed by atoms with van der Waals surface area (Å²) in [6.07, 6.45) is 2.22. The summed E-state index contributed by atoms with van der Waals surface area (Å²) in [6.45, 7) is 6.51. The molecular weight excluding hydrogens is 206 g/mol. The molecule has 1 rings (SSSR count). The summed E-state index contributed by atoms with van der Waals surface area (Å²) in [5, 5.41) is 3.99. The molecule has 15 heavy (non-hydrogen) atoms. The Bertz CT molecular complexity index is 295. The quantitative estimate of drug-likeness (QED) is 0.780. The van der Waals surface area contributed by atoms with Gasteiger partial charge in [-0.25, -0.2) is 0 Å². The van der Waals surface area contributed by atoms with Gasteiger partial charge >= 0.3 is 0 Å². The van der Waals surface area contributed by atoms with E-state index in [9.17, 15) is 0 Å². The predicted molar refractivity (Wildman–Crippen MR) is 67.2 cm³/mol. The Kier molecular flexibility index (Phi) is 5.44. The Balaban J connectivity index is 2.22. The number of benzene rings is 1. The molecule has 0 aromatic heterocycles. The van der Waals surface area contributed by atoms with Gasteiger partial charge in [0.05, 0.1) is 0 Å². The number of halogens is 1. The van der Waals surface area contributed by atoms with E-state index in [1.807, 2.05) is 6.07 Å².